The van der Waals surface area contributed by atoms with Gasteiger partial charge in [0.1, 0.15) is 0 Å². The van der Waals surface area contributed by atoms with Crippen molar-refractivity contribution in [1.29, 1.82) is 0 Å². The molecule has 8 heteroatoms. The standard InChI is InChI=1S/C31H26N4O2P2/c1-31-27(32-29(33-31)38(23-15-7-3-8-16-23)24-17-9-4-10-18-24)28(36)35(30(37)34(31)2)39(25-19-11-5-12-20-25)26-21-13-6-14-22-26/h3-22H,1-2H3. The first-order valence-electron chi connectivity index (χ1n) is 12.6. The first-order chi connectivity index (χ1) is 19.0. The number of carbonyl (C=O) groups is 2. The molecule has 1 atom stereocenters. The van der Waals surface area contributed by atoms with E-state index in [4.69, 9.17) is 9.98 Å². The van der Waals surface area contributed by atoms with Crippen LogP contribution in [0.25, 0.3) is 0 Å². The summed E-state index contributed by atoms with van der Waals surface area (Å²) in [6.45, 7) is 1.81. The number of carbonyl (C=O) groups excluding carboxylic acids is 2. The van der Waals surface area contributed by atoms with Crippen molar-refractivity contribution in [2.75, 3.05) is 7.05 Å². The van der Waals surface area contributed by atoms with Gasteiger partial charge in [-0.2, -0.15) is 0 Å². The Morgan fingerprint density at radius 2 is 1.05 bits per heavy atom. The first-order valence-corrected chi connectivity index (χ1v) is 15.2. The number of hydrogen-bond acceptors (Lipinski definition) is 4. The van der Waals surface area contributed by atoms with Crippen molar-refractivity contribution in [3.05, 3.63) is 121 Å². The molecule has 0 aromatic heterocycles. The van der Waals surface area contributed by atoms with Crippen LogP contribution in [0.1, 0.15) is 6.92 Å². The molecule has 6 nitrogen and oxygen atoms in total. The molecule has 2 aliphatic rings. The van der Waals surface area contributed by atoms with Crippen LogP contribution in [0.2, 0.25) is 0 Å². The number of urea groups is 1. The number of benzene rings is 4. The van der Waals surface area contributed by atoms with Gasteiger partial charge in [-0.3, -0.25) is 9.69 Å². The van der Waals surface area contributed by atoms with E-state index in [9.17, 15) is 9.59 Å². The monoisotopic (exact) mass is 548 g/mol. The van der Waals surface area contributed by atoms with E-state index < -0.39 is 27.6 Å². The van der Waals surface area contributed by atoms with E-state index in [1.54, 1.807) is 11.9 Å². The molecule has 0 bridgehead atoms. The predicted molar refractivity (Wildman–Crippen MR) is 161 cm³/mol. The summed E-state index contributed by atoms with van der Waals surface area (Å²) in [5, 5.41) is 3.98. The Labute approximate surface area is 230 Å². The molecule has 192 valence electrons. The Morgan fingerprint density at radius 3 is 1.49 bits per heavy atom. The summed E-state index contributed by atoms with van der Waals surface area (Å²) in [5.41, 5.74) is -0.324. The number of imide groups is 1. The second-order valence-electron chi connectivity index (χ2n) is 9.34. The lowest BCUT2D eigenvalue weighted by Gasteiger charge is -2.44. The Bertz CT molecular complexity index is 1500. The van der Waals surface area contributed by atoms with Crippen LogP contribution >= 0.6 is 16.0 Å². The summed E-state index contributed by atoms with van der Waals surface area (Å²) in [6, 6.07) is 39.3. The molecule has 0 aliphatic carbocycles. The predicted octanol–water partition coefficient (Wildman–Crippen LogP) is 4.59. The molecule has 1 unspecified atom stereocenters. The van der Waals surface area contributed by atoms with E-state index in [-0.39, 0.29) is 11.7 Å². The highest BCUT2D eigenvalue weighted by Gasteiger charge is 2.55. The third-order valence-corrected chi connectivity index (χ3v) is 11.5. The molecule has 1 fully saturated rings. The maximum absolute atomic E-state index is 14.3. The van der Waals surface area contributed by atoms with Gasteiger partial charge in [-0.05, 0) is 17.5 Å². The van der Waals surface area contributed by atoms with Gasteiger partial charge in [0.15, 0.2) is 17.0 Å². The van der Waals surface area contributed by atoms with Gasteiger partial charge >= 0.3 is 6.03 Å². The van der Waals surface area contributed by atoms with Crippen molar-refractivity contribution in [2.45, 2.75) is 12.6 Å². The second kappa shape index (κ2) is 10.3. The number of hydrogen-bond donors (Lipinski definition) is 0. The maximum Gasteiger partial charge on any atom is 0.332 e. The molecular formula is C31H26N4O2P2. The van der Waals surface area contributed by atoms with Crippen molar-refractivity contribution in [2.24, 2.45) is 9.98 Å². The lowest BCUT2D eigenvalue weighted by atomic mass is 10.0. The largest absolute Gasteiger partial charge is 0.332 e. The van der Waals surface area contributed by atoms with Gasteiger partial charge < -0.3 is 0 Å². The van der Waals surface area contributed by atoms with Crippen LogP contribution in [0.4, 0.5) is 4.79 Å². The number of amidine groups is 1. The summed E-state index contributed by atoms with van der Waals surface area (Å²) in [6.07, 6.45) is 0. The summed E-state index contributed by atoms with van der Waals surface area (Å²) >= 11 is 0. The van der Waals surface area contributed by atoms with Gasteiger partial charge in [0.05, 0.1) is 8.07 Å². The van der Waals surface area contributed by atoms with E-state index in [0.717, 1.165) is 21.2 Å². The van der Waals surface area contributed by atoms with E-state index in [1.807, 2.05) is 104 Å². The van der Waals surface area contributed by atoms with E-state index in [2.05, 4.69) is 24.3 Å². The normalized spacial score (nSPS) is 18.9. The van der Waals surface area contributed by atoms with Crippen LogP contribution in [0.5, 0.6) is 0 Å². The van der Waals surface area contributed by atoms with Crippen molar-refractivity contribution >= 4 is 60.4 Å². The van der Waals surface area contributed by atoms with Gasteiger partial charge in [0, 0.05) is 25.6 Å². The average molecular weight is 549 g/mol. The van der Waals surface area contributed by atoms with Crippen LogP contribution in [0, 0.1) is 0 Å². The minimum Gasteiger partial charge on any atom is -0.297 e. The summed E-state index contributed by atoms with van der Waals surface area (Å²) in [7, 11) is -0.894. The summed E-state index contributed by atoms with van der Waals surface area (Å²) in [4.78, 5) is 39.8. The molecule has 0 radical (unpaired) electrons. The van der Waals surface area contributed by atoms with E-state index >= 15 is 0 Å². The number of nitrogens with zero attached hydrogens (tertiary/aromatic N) is 4. The number of aliphatic imine (C=N–C) groups is 2. The highest BCUT2D eigenvalue weighted by Crippen LogP contribution is 2.47. The third-order valence-electron chi connectivity index (χ3n) is 6.92. The van der Waals surface area contributed by atoms with Crippen molar-refractivity contribution in [3.63, 3.8) is 0 Å². The molecule has 0 saturated carbocycles. The fraction of sp³-hybridized carbons (Fsp3) is 0.0968. The molecule has 6 rings (SSSR count). The molecule has 0 spiro atoms. The van der Waals surface area contributed by atoms with E-state index in [0.29, 0.717) is 5.58 Å². The second-order valence-corrected chi connectivity index (χ2v) is 13.5. The van der Waals surface area contributed by atoms with Gasteiger partial charge in [-0.25, -0.2) is 19.4 Å². The average Bonchev–Trinajstić information content (AvgIpc) is 3.34. The highest BCUT2D eigenvalue weighted by atomic mass is 31.1. The summed E-state index contributed by atoms with van der Waals surface area (Å²) < 4.78 is 1.40. The summed E-state index contributed by atoms with van der Waals surface area (Å²) in [5.74, 6) is -0.394. The maximum atomic E-state index is 14.3. The molecule has 4 aromatic carbocycles. The van der Waals surface area contributed by atoms with Gasteiger partial charge in [0.2, 0.25) is 0 Å². The fourth-order valence-corrected chi connectivity index (χ4v) is 9.25. The number of rotatable bonds is 6. The Hall–Kier alpha value is -3.98. The highest BCUT2D eigenvalue weighted by molar-refractivity contribution is 7.88. The van der Waals surface area contributed by atoms with Crippen molar-refractivity contribution < 1.29 is 9.59 Å². The molecular weight excluding hydrogens is 522 g/mol. The first kappa shape index (κ1) is 25.3. The fourth-order valence-electron chi connectivity index (χ4n) is 4.81. The molecule has 39 heavy (non-hydrogen) atoms. The smallest absolute Gasteiger partial charge is 0.297 e. The number of fused-ring (bicyclic) bond motifs is 1. The third kappa shape index (κ3) is 4.40. The SMILES string of the molecule is CN1C(=O)N(P(c2ccccc2)c2ccccc2)C(=O)C2=NC(P(c3ccccc3)c3ccccc3)=NC21C. The lowest BCUT2D eigenvalue weighted by molar-refractivity contribution is -0.119. The molecule has 2 heterocycles. The van der Waals surface area contributed by atoms with Crippen molar-refractivity contribution in [1.82, 2.24) is 9.57 Å². The van der Waals surface area contributed by atoms with Crippen LogP contribution in [0.15, 0.2) is 131 Å². The van der Waals surface area contributed by atoms with Crippen LogP contribution in [-0.2, 0) is 4.79 Å². The van der Waals surface area contributed by atoms with Crippen LogP contribution < -0.4 is 21.2 Å². The minimum absolute atomic E-state index is 0.276. The van der Waals surface area contributed by atoms with Crippen LogP contribution in [0.3, 0.4) is 0 Å². The zero-order valence-corrected chi connectivity index (χ0v) is 23.3. The zero-order valence-electron chi connectivity index (χ0n) is 21.5. The van der Waals surface area contributed by atoms with Gasteiger partial charge in [0.25, 0.3) is 5.91 Å². The Morgan fingerprint density at radius 1 is 0.641 bits per heavy atom. The quantitative estimate of drug-likeness (QED) is 0.331. The van der Waals surface area contributed by atoms with Crippen LogP contribution in [-0.4, -0.2) is 45.5 Å². The molecule has 3 amide bonds. The molecule has 4 aromatic rings. The van der Waals surface area contributed by atoms with Crippen molar-refractivity contribution in [3.8, 4) is 0 Å². The van der Waals surface area contributed by atoms with Gasteiger partial charge in [-0.15, -0.1) is 0 Å². The zero-order chi connectivity index (χ0) is 27.0. The topological polar surface area (TPSA) is 65.3 Å². The lowest BCUT2D eigenvalue weighted by Crippen LogP contribution is -2.65. The van der Waals surface area contributed by atoms with Gasteiger partial charge in [-0.1, -0.05) is 121 Å². The Kier molecular flexibility index (Phi) is 6.68. The molecule has 1 saturated heterocycles. The van der Waals surface area contributed by atoms with E-state index in [1.165, 1.54) is 4.67 Å². The Balaban J connectivity index is 1.48. The molecule has 0 N–H and O–H groups in total. The minimum atomic E-state index is -1.47. The molecule has 2 aliphatic heterocycles. The number of amides is 3.